The van der Waals surface area contributed by atoms with Crippen LogP contribution in [-0.4, -0.2) is 48.9 Å². The first-order valence-electron chi connectivity index (χ1n) is 6.27. The van der Waals surface area contributed by atoms with Crippen molar-refractivity contribution in [2.24, 2.45) is 0 Å². The van der Waals surface area contributed by atoms with E-state index >= 15 is 0 Å². The molecular weight excluding hydrogens is 348 g/mol. The van der Waals surface area contributed by atoms with Gasteiger partial charge in [-0.25, -0.2) is 8.78 Å². The average molecular weight is 360 g/mol. The van der Waals surface area contributed by atoms with E-state index in [0.29, 0.717) is 0 Å². The molecule has 23 heavy (non-hydrogen) atoms. The topological polar surface area (TPSA) is 36.9 Å². The number of alkyl halides is 8. The summed E-state index contributed by atoms with van der Waals surface area (Å²) in [6.45, 7) is -2.86. The second-order valence-corrected chi connectivity index (χ2v) is 5.39. The van der Waals surface area contributed by atoms with Gasteiger partial charge in [0.15, 0.2) is 0 Å². The van der Waals surface area contributed by atoms with E-state index in [1.54, 1.807) is 0 Å². The zero-order valence-electron chi connectivity index (χ0n) is 11.8. The van der Waals surface area contributed by atoms with Gasteiger partial charge in [0.25, 0.3) is 0 Å². The van der Waals surface area contributed by atoms with Gasteiger partial charge in [-0.05, 0) is 6.92 Å². The van der Waals surface area contributed by atoms with Crippen molar-refractivity contribution in [1.29, 1.82) is 0 Å². The van der Waals surface area contributed by atoms with Gasteiger partial charge in [0, 0.05) is 6.92 Å². The van der Waals surface area contributed by atoms with Gasteiger partial charge in [0.05, 0.1) is 13.0 Å². The smallest absolute Gasteiger partial charge is 0.340 e. The van der Waals surface area contributed by atoms with E-state index in [1.807, 2.05) is 0 Å². The molecule has 2 fully saturated rings. The van der Waals surface area contributed by atoms with Gasteiger partial charge in [-0.1, -0.05) is 0 Å². The minimum absolute atomic E-state index is 0.168. The maximum absolute atomic E-state index is 14.6. The fraction of sp³-hybridized carbons (Fsp3) is 1.00. The summed E-state index contributed by atoms with van der Waals surface area (Å²) in [7, 11) is 0. The van der Waals surface area contributed by atoms with Crippen LogP contribution < -0.4 is 0 Å². The second kappa shape index (κ2) is 4.90. The fourth-order valence-electron chi connectivity index (χ4n) is 2.27. The molecule has 2 rings (SSSR count). The summed E-state index contributed by atoms with van der Waals surface area (Å²) in [4.78, 5) is 0. The lowest BCUT2D eigenvalue weighted by atomic mass is 9.94. The molecule has 2 aliphatic heterocycles. The first kappa shape index (κ1) is 18.6. The number of halogens is 8. The Bertz CT molecular complexity index is 479. The summed E-state index contributed by atoms with van der Waals surface area (Å²) < 4.78 is 125. The van der Waals surface area contributed by atoms with E-state index < -0.39 is 55.3 Å². The zero-order valence-corrected chi connectivity index (χ0v) is 11.8. The molecule has 0 aliphatic carbocycles. The highest BCUT2D eigenvalue weighted by Gasteiger charge is 2.82. The molecule has 136 valence electrons. The molecule has 0 saturated carbocycles. The van der Waals surface area contributed by atoms with Crippen molar-refractivity contribution in [3.8, 4) is 0 Å². The Morgan fingerprint density at radius 2 is 1.43 bits per heavy atom. The lowest BCUT2D eigenvalue weighted by Crippen LogP contribution is -2.73. The number of hydrogen-bond donors (Lipinski definition) is 0. The lowest BCUT2D eigenvalue weighted by Gasteiger charge is -2.50. The van der Waals surface area contributed by atoms with Crippen LogP contribution in [-0.2, 0) is 18.9 Å². The van der Waals surface area contributed by atoms with Crippen LogP contribution in [0.4, 0.5) is 35.1 Å². The highest BCUT2D eigenvalue weighted by Crippen LogP contribution is 2.57. The van der Waals surface area contributed by atoms with Crippen molar-refractivity contribution in [2.75, 3.05) is 13.2 Å². The highest BCUT2D eigenvalue weighted by atomic mass is 19.3. The number of ether oxygens (including phenoxy) is 4. The Kier molecular flexibility index (Phi) is 3.96. The van der Waals surface area contributed by atoms with Crippen LogP contribution in [0.15, 0.2) is 0 Å². The Morgan fingerprint density at radius 1 is 0.870 bits per heavy atom. The number of hydrogen-bond acceptors (Lipinski definition) is 4. The maximum Gasteiger partial charge on any atom is 0.381 e. The van der Waals surface area contributed by atoms with Crippen LogP contribution in [0.25, 0.3) is 0 Å². The molecule has 2 saturated heterocycles. The van der Waals surface area contributed by atoms with Crippen LogP contribution in [0, 0.1) is 0 Å². The van der Waals surface area contributed by atoms with Gasteiger partial charge in [-0.15, -0.1) is 0 Å². The van der Waals surface area contributed by atoms with Gasteiger partial charge in [-0.3, -0.25) is 9.47 Å². The SMILES string of the molecule is CC(F)(F)C1(C(F)(F)C2(C)OCC(F)(F)O2)OCCC(F)(F)O1. The highest BCUT2D eigenvalue weighted by molar-refractivity contribution is 5.06. The minimum atomic E-state index is -5.22. The van der Waals surface area contributed by atoms with Crippen molar-refractivity contribution < 1.29 is 54.1 Å². The summed E-state index contributed by atoms with van der Waals surface area (Å²) in [5, 5.41) is 0. The van der Waals surface area contributed by atoms with Crippen LogP contribution >= 0.6 is 0 Å². The third-order valence-electron chi connectivity index (χ3n) is 3.41. The largest absolute Gasteiger partial charge is 0.381 e. The third kappa shape index (κ3) is 2.79. The summed E-state index contributed by atoms with van der Waals surface area (Å²) >= 11 is 0. The van der Waals surface area contributed by atoms with Gasteiger partial charge in [0.2, 0.25) is 5.79 Å². The molecule has 0 aromatic carbocycles. The maximum atomic E-state index is 14.6. The number of rotatable bonds is 3. The van der Waals surface area contributed by atoms with Gasteiger partial charge < -0.3 is 9.47 Å². The summed E-state index contributed by atoms with van der Waals surface area (Å²) in [6.07, 6.45) is -9.88. The molecule has 0 radical (unpaired) electrons. The van der Waals surface area contributed by atoms with Crippen molar-refractivity contribution >= 4 is 0 Å². The molecule has 0 N–H and O–H groups in total. The molecular formula is C11H12F8O4. The molecule has 12 heteroatoms. The predicted molar refractivity (Wildman–Crippen MR) is 55.3 cm³/mol. The Balaban J connectivity index is 2.51. The van der Waals surface area contributed by atoms with Crippen molar-refractivity contribution in [2.45, 2.75) is 55.9 Å². The second-order valence-electron chi connectivity index (χ2n) is 5.39. The molecule has 0 spiro atoms. The normalized spacial score (nSPS) is 37.8. The van der Waals surface area contributed by atoms with E-state index in [-0.39, 0.29) is 13.8 Å². The third-order valence-corrected chi connectivity index (χ3v) is 3.41. The van der Waals surface area contributed by atoms with Gasteiger partial charge >= 0.3 is 29.8 Å². The quantitative estimate of drug-likeness (QED) is 0.724. The Labute approximate surface area is 124 Å². The fourth-order valence-corrected chi connectivity index (χ4v) is 2.27. The molecule has 0 aromatic rings. The van der Waals surface area contributed by atoms with Crippen molar-refractivity contribution in [3.05, 3.63) is 0 Å². The predicted octanol–water partition coefficient (Wildman–Crippen LogP) is 3.36. The molecule has 0 amide bonds. The lowest BCUT2D eigenvalue weighted by molar-refractivity contribution is -0.522. The Morgan fingerprint density at radius 3 is 1.83 bits per heavy atom. The summed E-state index contributed by atoms with van der Waals surface area (Å²) in [5.41, 5.74) is 0. The van der Waals surface area contributed by atoms with E-state index in [4.69, 9.17) is 0 Å². The van der Waals surface area contributed by atoms with Crippen LogP contribution in [0.2, 0.25) is 0 Å². The minimum Gasteiger partial charge on any atom is -0.340 e. The van der Waals surface area contributed by atoms with Crippen molar-refractivity contribution in [3.63, 3.8) is 0 Å². The summed E-state index contributed by atoms with van der Waals surface area (Å²) in [5.74, 6) is -18.2. The van der Waals surface area contributed by atoms with E-state index in [9.17, 15) is 35.1 Å². The molecule has 2 heterocycles. The molecule has 0 bridgehead atoms. The Hall–Kier alpha value is -0.720. The molecule has 2 unspecified atom stereocenters. The molecule has 2 aliphatic rings. The molecule has 4 nitrogen and oxygen atoms in total. The van der Waals surface area contributed by atoms with Crippen molar-refractivity contribution in [1.82, 2.24) is 0 Å². The molecule has 2 atom stereocenters. The first-order valence-corrected chi connectivity index (χ1v) is 6.27. The van der Waals surface area contributed by atoms with E-state index in [0.717, 1.165) is 0 Å². The average Bonchev–Trinajstić information content (AvgIpc) is 2.62. The van der Waals surface area contributed by atoms with Crippen LogP contribution in [0.5, 0.6) is 0 Å². The van der Waals surface area contributed by atoms with E-state index in [2.05, 4.69) is 18.9 Å². The monoisotopic (exact) mass is 360 g/mol. The van der Waals surface area contributed by atoms with Crippen LogP contribution in [0.1, 0.15) is 20.3 Å². The van der Waals surface area contributed by atoms with Gasteiger partial charge in [0.1, 0.15) is 6.61 Å². The zero-order chi connectivity index (χ0) is 17.9. The van der Waals surface area contributed by atoms with Gasteiger partial charge in [-0.2, -0.15) is 26.3 Å². The van der Waals surface area contributed by atoms with Crippen LogP contribution in [0.3, 0.4) is 0 Å². The first-order chi connectivity index (χ1) is 10.1. The summed E-state index contributed by atoms with van der Waals surface area (Å²) in [6, 6.07) is 0. The molecule has 0 aromatic heterocycles. The van der Waals surface area contributed by atoms with E-state index in [1.165, 1.54) is 0 Å². The standard InChI is InChI=1S/C11H12F8O4/c1-6(12,13)11(20-4-3-8(14,15)23-11)10(18,19)7(2)21-5-9(16,17)22-7/h3-5H2,1-2H3.